The van der Waals surface area contributed by atoms with E-state index in [1.807, 2.05) is 0 Å². The number of hydrogen-bond acceptors (Lipinski definition) is 2. The van der Waals surface area contributed by atoms with Crippen molar-refractivity contribution >= 4 is 0 Å². The molecule has 0 saturated carbocycles. The Bertz CT molecular complexity index is 323. The van der Waals surface area contributed by atoms with E-state index >= 15 is 0 Å². The lowest BCUT2D eigenvalue weighted by Gasteiger charge is -2.38. The molecule has 1 fully saturated rings. The molecule has 2 rings (SSSR count). The molecule has 0 bridgehead atoms. The number of piperazine rings is 1. The molecule has 1 aliphatic heterocycles. The Kier molecular flexibility index (Phi) is 4.57. The van der Waals surface area contributed by atoms with Gasteiger partial charge in [0.25, 0.3) is 0 Å². The summed E-state index contributed by atoms with van der Waals surface area (Å²) < 4.78 is 0. The van der Waals surface area contributed by atoms with E-state index in [4.69, 9.17) is 0 Å². The lowest BCUT2D eigenvalue weighted by molar-refractivity contribution is 0.141. The van der Waals surface area contributed by atoms with Crippen LogP contribution < -0.4 is 5.32 Å². The van der Waals surface area contributed by atoms with Gasteiger partial charge in [-0.1, -0.05) is 37.3 Å². The highest BCUT2D eigenvalue weighted by atomic mass is 15.2. The van der Waals surface area contributed by atoms with Crippen molar-refractivity contribution in [3.8, 4) is 0 Å². The molecule has 2 heteroatoms. The van der Waals surface area contributed by atoms with Crippen molar-refractivity contribution in [1.29, 1.82) is 0 Å². The average Bonchev–Trinajstić information content (AvgIpc) is 2.39. The largest absolute Gasteiger partial charge is 0.311 e. The summed E-state index contributed by atoms with van der Waals surface area (Å²) in [6, 6.07) is 12.2. The van der Waals surface area contributed by atoms with E-state index in [1.165, 1.54) is 31.5 Å². The number of rotatable bonds is 4. The Balaban J connectivity index is 1.85. The molecule has 0 aromatic heterocycles. The molecule has 0 aliphatic carbocycles. The lowest BCUT2D eigenvalue weighted by Crippen LogP contribution is -2.55. The van der Waals surface area contributed by atoms with Crippen molar-refractivity contribution in [3.05, 3.63) is 35.9 Å². The van der Waals surface area contributed by atoms with Crippen molar-refractivity contribution in [3.63, 3.8) is 0 Å². The van der Waals surface area contributed by atoms with Crippen molar-refractivity contribution in [1.82, 2.24) is 10.2 Å². The molecular weight excluding hydrogens is 208 g/mol. The molecule has 17 heavy (non-hydrogen) atoms. The highest BCUT2D eigenvalue weighted by Gasteiger charge is 2.23. The molecule has 2 atom stereocenters. The van der Waals surface area contributed by atoms with Gasteiger partial charge in [-0.15, -0.1) is 0 Å². The summed E-state index contributed by atoms with van der Waals surface area (Å²) in [5.41, 5.74) is 1.45. The molecule has 1 aliphatic rings. The molecule has 94 valence electrons. The van der Waals surface area contributed by atoms with E-state index in [1.54, 1.807) is 0 Å². The first-order valence-electron chi connectivity index (χ1n) is 6.81. The van der Waals surface area contributed by atoms with Crippen LogP contribution >= 0.6 is 0 Å². The second-order valence-electron chi connectivity index (χ2n) is 5.09. The highest BCUT2D eigenvalue weighted by Crippen LogP contribution is 2.10. The van der Waals surface area contributed by atoms with Gasteiger partial charge in [0.15, 0.2) is 0 Å². The van der Waals surface area contributed by atoms with Crippen molar-refractivity contribution < 1.29 is 0 Å². The van der Waals surface area contributed by atoms with Gasteiger partial charge in [0, 0.05) is 31.7 Å². The molecule has 1 heterocycles. The minimum Gasteiger partial charge on any atom is -0.311 e. The summed E-state index contributed by atoms with van der Waals surface area (Å²) in [5, 5.41) is 3.61. The summed E-state index contributed by atoms with van der Waals surface area (Å²) in [6.07, 6.45) is 2.40. The van der Waals surface area contributed by atoms with E-state index in [9.17, 15) is 0 Å². The van der Waals surface area contributed by atoms with Crippen LogP contribution in [0.5, 0.6) is 0 Å². The Labute approximate surface area is 105 Å². The van der Waals surface area contributed by atoms with Crippen molar-refractivity contribution in [2.75, 3.05) is 19.6 Å². The van der Waals surface area contributed by atoms with E-state index < -0.39 is 0 Å². The molecule has 2 nitrogen and oxygen atoms in total. The molecule has 1 N–H and O–H groups in total. The van der Waals surface area contributed by atoms with Gasteiger partial charge in [0.2, 0.25) is 0 Å². The Morgan fingerprint density at radius 1 is 1.29 bits per heavy atom. The molecule has 2 unspecified atom stereocenters. The predicted octanol–water partition coefficient (Wildman–Crippen LogP) is 2.30. The first kappa shape index (κ1) is 12.6. The van der Waals surface area contributed by atoms with Gasteiger partial charge in [-0.05, 0) is 25.3 Å². The second-order valence-corrected chi connectivity index (χ2v) is 5.09. The van der Waals surface area contributed by atoms with Crippen LogP contribution in [0.15, 0.2) is 30.3 Å². The third kappa shape index (κ3) is 3.55. The Morgan fingerprint density at radius 3 is 2.76 bits per heavy atom. The van der Waals surface area contributed by atoms with Crippen molar-refractivity contribution in [2.45, 2.75) is 38.8 Å². The van der Waals surface area contributed by atoms with Crippen LogP contribution in [-0.2, 0) is 6.42 Å². The topological polar surface area (TPSA) is 15.3 Å². The lowest BCUT2D eigenvalue weighted by atomic mass is 10.1. The summed E-state index contributed by atoms with van der Waals surface area (Å²) in [5.74, 6) is 0. The fourth-order valence-corrected chi connectivity index (χ4v) is 2.50. The maximum absolute atomic E-state index is 3.61. The van der Waals surface area contributed by atoms with Gasteiger partial charge < -0.3 is 5.32 Å². The summed E-state index contributed by atoms with van der Waals surface area (Å²) >= 11 is 0. The zero-order valence-corrected chi connectivity index (χ0v) is 11.0. The summed E-state index contributed by atoms with van der Waals surface area (Å²) in [6.45, 7) is 8.11. The van der Waals surface area contributed by atoms with Gasteiger partial charge in [0.05, 0.1) is 0 Å². The number of hydrogen-bond donors (Lipinski definition) is 1. The standard InChI is InChI=1S/C15H24N2/c1-3-15-12-17(13(2)11-16-15)10-9-14-7-5-4-6-8-14/h4-8,13,15-16H,3,9-12H2,1-2H3. The van der Waals surface area contributed by atoms with Crippen molar-refractivity contribution in [2.24, 2.45) is 0 Å². The quantitative estimate of drug-likeness (QED) is 0.857. The summed E-state index contributed by atoms with van der Waals surface area (Å²) in [4.78, 5) is 2.62. The van der Waals surface area contributed by atoms with E-state index in [0.29, 0.717) is 12.1 Å². The third-order valence-electron chi connectivity index (χ3n) is 3.80. The van der Waals surface area contributed by atoms with Gasteiger partial charge >= 0.3 is 0 Å². The maximum atomic E-state index is 3.61. The fourth-order valence-electron chi connectivity index (χ4n) is 2.50. The van der Waals surface area contributed by atoms with Gasteiger partial charge in [-0.25, -0.2) is 0 Å². The van der Waals surface area contributed by atoms with Gasteiger partial charge in [0.1, 0.15) is 0 Å². The summed E-state index contributed by atoms with van der Waals surface area (Å²) in [7, 11) is 0. The molecule has 1 saturated heterocycles. The van der Waals surface area contributed by atoms with Crippen LogP contribution in [0.3, 0.4) is 0 Å². The molecule has 0 amide bonds. The van der Waals surface area contributed by atoms with Crippen LogP contribution in [0.1, 0.15) is 25.8 Å². The smallest absolute Gasteiger partial charge is 0.0193 e. The molecule has 1 aromatic carbocycles. The van der Waals surface area contributed by atoms with E-state index in [0.717, 1.165) is 6.54 Å². The minimum atomic E-state index is 0.668. The number of nitrogens with zero attached hydrogens (tertiary/aromatic N) is 1. The first-order valence-corrected chi connectivity index (χ1v) is 6.81. The van der Waals surface area contributed by atoms with Crippen LogP contribution in [-0.4, -0.2) is 36.6 Å². The van der Waals surface area contributed by atoms with E-state index in [2.05, 4.69) is 54.4 Å². The van der Waals surface area contributed by atoms with Crippen LogP contribution in [0.25, 0.3) is 0 Å². The molecule has 0 spiro atoms. The normalized spacial score (nSPS) is 26.0. The van der Waals surface area contributed by atoms with Gasteiger partial charge in [-0.2, -0.15) is 0 Å². The fraction of sp³-hybridized carbons (Fsp3) is 0.600. The zero-order valence-electron chi connectivity index (χ0n) is 11.0. The van der Waals surface area contributed by atoms with E-state index in [-0.39, 0.29) is 0 Å². The average molecular weight is 232 g/mol. The first-order chi connectivity index (χ1) is 8.29. The van der Waals surface area contributed by atoms with Crippen LogP contribution in [0.4, 0.5) is 0 Å². The second kappa shape index (κ2) is 6.18. The molecule has 1 aromatic rings. The van der Waals surface area contributed by atoms with Crippen LogP contribution in [0, 0.1) is 0 Å². The zero-order chi connectivity index (χ0) is 12.1. The molecule has 0 radical (unpaired) electrons. The highest BCUT2D eigenvalue weighted by molar-refractivity contribution is 5.14. The van der Waals surface area contributed by atoms with Gasteiger partial charge in [-0.3, -0.25) is 4.90 Å². The SMILES string of the molecule is CCC1CN(CCc2ccccc2)C(C)CN1. The molecular formula is C15H24N2. The monoisotopic (exact) mass is 232 g/mol. The predicted molar refractivity (Wildman–Crippen MR) is 73.3 cm³/mol. The van der Waals surface area contributed by atoms with Crippen LogP contribution in [0.2, 0.25) is 0 Å². The maximum Gasteiger partial charge on any atom is 0.0193 e. The third-order valence-corrected chi connectivity index (χ3v) is 3.80. The number of nitrogens with one attached hydrogen (secondary N) is 1. The minimum absolute atomic E-state index is 0.668. The Hall–Kier alpha value is -0.860. The Morgan fingerprint density at radius 2 is 2.06 bits per heavy atom. The number of benzene rings is 1.